The minimum absolute atomic E-state index is 0.150. The van der Waals surface area contributed by atoms with Crippen molar-refractivity contribution in [2.75, 3.05) is 13.1 Å². The largest absolute Gasteiger partial charge is 0.338 e. The molecule has 0 radical (unpaired) electrons. The van der Waals surface area contributed by atoms with Gasteiger partial charge >= 0.3 is 6.03 Å². The van der Waals surface area contributed by atoms with Crippen molar-refractivity contribution < 1.29 is 4.79 Å². The lowest BCUT2D eigenvalue weighted by Crippen LogP contribution is -2.41. The Balaban J connectivity index is 1.60. The van der Waals surface area contributed by atoms with Crippen LogP contribution in [0.15, 0.2) is 41.5 Å². The fourth-order valence-corrected chi connectivity index (χ4v) is 2.89. The van der Waals surface area contributed by atoms with E-state index in [1.54, 1.807) is 17.2 Å². The number of rotatable bonds is 7. The second-order valence-corrected chi connectivity index (χ2v) is 6.39. The molecule has 3 aromatic rings. The smallest absolute Gasteiger partial charge is 0.317 e. The van der Waals surface area contributed by atoms with Crippen LogP contribution in [0.3, 0.4) is 0 Å². The number of H-pyrrole nitrogens is 1. The molecular formula is C19H24N6O2. The number of urea groups is 1. The summed E-state index contributed by atoms with van der Waals surface area (Å²) in [5.41, 5.74) is 0.495. The van der Waals surface area contributed by atoms with Gasteiger partial charge in [0.15, 0.2) is 0 Å². The summed E-state index contributed by atoms with van der Waals surface area (Å²) in [5.74, 6) is 1.39. The van der Waals surface area contributed by atoms with Gasteiger partial charge in [-0.15, -0.1) is 0 Å². The molecule has 0 aliphatic carbocycles. The SMILES string of the molecule is CCCN(Cc1nccn1C)C(=O)NCCc1nc2ccccc2c(=O)[nH]1. The molecule has 0 saturated carbocycles. The van der Waals surface area contributed by atoms with Gasteiger partial charge in [-0.25, -0.2) is 14.8 Å². The highest BCUT2D eigenvalue weighted by Crippen LogP contribution is 2.06. The van der Waals surface area contributed by atoms with E-state index in [-0.39, 0.29) is 11.6 Å². The van der Waals surface area contributed by atoms with E-state index in [1.165, 1.54) is 0 Å². The Bertz CT molecular complexity index is 977. The summed E-state index contributed by atoms with van der Waals surface area (Å²) in [7, 11) is 1.91. The molecule has 0 aliphatic heterocycles. The number of carbonyl (C=O) groups excluding carboxylic acids is 1. The number of hydrogen-bond donors (Lipinski definition) is 2. The molecule has 0 unspecified atom stereocenters. The molecule has 27 heavy (non-hydrogen) atoms. The van der Waals surface area contributed by atoms with Crippen LogP contribution in [0, 0.1) is 0 Å². The van der Waals surface area contributed by atoms with Crippen molar-refractivity contribution in [3.8, 4) is 0 Å². The summed E-state index contributed by atoms with van der Waals surface area (Å²) < 4.78 is 1.90. The molecule has 0 aliphatic rings. The summed E-state index contributed by atoms with van der Waals surface area (Å²) in [6, 6.07) is 7.06. The summed E-state index contributed by atoms with van der Waals surface area (Å²) in [6.07, 6.45) is 4.89. The summed E-state index contributed by atoms with van der Waals surface area (Å²) >= 11 is 0. The van der Waals surface area contributed by atoms with E-state index in [0.717, 1.165) is 12.2 Å². The Morgan fingerprint density at radius 3 is 2.89 bits per heavy atom. The molecule has 0 saturated heterocycles. The van der Waals surface area contributed by atoms with Gasteiger partial charge in [0.05, 0.1) is 17.4 Å². The Hall–Kier alpha value is -3.16. The number of aryl methyl sites for hydroxylation is 1. The van der Waals surface area contributed by atoms with Gasteiger partial charge in [-0.1, -0.05) is 19.1 Å². The Kier molecular flexibility index (Phi) is 5.85. The van der Waals surface area contributed by atoms with Crippen molar-refractivity contribution in [3.63, 3.8) is 0 Å². The molecule has 142 valence electrons. The van der Waals surface area contributed by atoms with E-state index in [4.69, 9.17) is 0 Å². The van der Waals surface area contributed by atoms with Crippen LogP contribution < -0.4 is 10.9 Å². The second kappa shape index (κ2) is 8.48. The highest BCUT2D eigenvalue weighted by molar-refractivity contribution is 5.77. The van der Waals surface area contributed by atoms with Crippen molar-refractivity contribution in [3.05, 3.63) is 58.7 Å². The van der Waals surface area contributed by atoms with Crippen LogP contribution in [0.1, 0.15) is 25.0 Å². The fourth-order valence-electron chi connectivity index (χ4n) is 2.89. The standard InChI is InChI=1S/C19H24N6O2/c1-3-11-25(13-17-20-10-12-24(17)2)19(27)21-9-8-16-22-15-7-5-4-6-14(15)18(26)23-16/h4-7,10,12H,3,8-9,11,13H2,1-2H3,(H,21,27)(H,22,23,26). The highest BCUT2D eigenvalue weighted by Gasteiger charge is 2.15. The van der Waals surface area contributed by atoms with Crippen LogP contribution in [-0.4, -0.2) is 43.5 Å². The predicted octanol–water partition coefficient (Wildman–Crippen LogP) is 1.82. The molecule has 2 N–H and O–H groups in total. The molecule has 0 atom stereocenters. The van der Waals surface area contributed by atoms with E-state index < -0.39 is 0 Å². The summed E-state index contributed by atoms with van der Waals surface area (Å²) in [4.78, 5) is 37.9. The van der Waals surface area contributed by atoms with Crippen molar-refractivity contribution >= 4 is 16.9 Å². The normalized spacial score (nSPS) is 10.9. The predicted molar refractivity (Wildman–Crippen MR) is 103 cm³/mol. The Morgan fingerprint density at radius 2 is 2.15 bits per heavy atom. The molecule has 0 bridgehead atoms. The van der Waals surface area contributed by atoms with E-state index in [9.17, 15) is 9.59 Å². The van der Waals surface area contributed by atoms with Gasteiger partial charge in [-0.05, 0) is 18.6 Å². The minimum Gasteiger partial charge on any atom is -0.338 e. The molecule has 8 heteroatoms. The number of aromatic nitrogens is 4. The molecule has 2 amide bonds. The Labute approximate surface area is 157 Å². The average molecular weight is 368 g/mol. The second-order valence-electron chi connectivity index (χ2n) is 6.39. The topological polar surface area (TPSA) is 95.9 Å². The van der Waals surface area contributed by atoms with Crippen LogP contribution in [0.25, 0.3) is 10.9 Å². The first-order valence-electron chi connectivity index (χ1n) is 9.05. The third kappa shape index (κ3) is 4.52. The van der Waals surface area contributed by atoms with Crippen molar-refractivity contribution in [1.29, 1.82) is 0 Å². The van der Waals surface area contributed by atoms with E-state index in [2.05, 4.69) is 20.3 Å². The number of benzene rings is 1. The molecule has 2 heterocycles. The maximum absolute atomic E-state index is 12.5. The number of nitrogens with one attached hydrogen (secondary N) is 2. The van der Waals surface area contributed by atoms with Gasteiger partial charge in [0.1, 0.15) is 11.6 Å². The fraction of sp³-hybridized carbons (Fsp3) is 0.368. The quantitative estimate of drug-likeness (QED) is 0.665. The number of hydrogen-bond acceptors (Lipinski definition) is 4. The van der Waals surface area contributed by atoms with Gasteiger partial charge < -0.3 is 19.8 Å². The van der Waals surface area contributed by atoms with E-state index in [0.29, 0.717) is 42.8 Å². The van der Waals surface area contributed by atoms with Gasteiger partial charge in [-0.2, -0.15) is 0 Å². The number of nitrogens with zero attached hydrogens (tertiary/aromatic N) is 4. The van der Waals surface area contributed by atoms with Crippen LogP contribution in [0.2, 0.25) is 0 Å². The molecular weight excluding hydrogens is 344 g/mol. The first-order valence-corrected chi connectivity index (χ1v) is 9.05. The van der Waals surface area contributed by atoms with Gasteiger partial charge in [0.25, 0.3) is 5.56 Å². The molecule has 0 spiro atoms. The number of imidazole rings is 1. The maximum Gasteiger partial charge on any atom is 0.317 e. The number of amides is 2. The minimum atomic E-state index is -0.163. The lowest BCUT2D eigenvalue weighted by molar-refractivity contribution is 0.193. The van der Waals surface area contributed by atoms with Gasteiger partial charge in [-0.3, -0.25) is 4.79 Å². The lowest BCUT2D eigenvalue weighted by Gasteiger charge is -2.22. The zero-order valence-corrected chi connectivity index (χ0v) is 15.6. The van der Waals surface area contributed by atoms with Gasteiger partial charge in [0.2, 0.25) is 0 Å². The number of fused-ring (bicyclic) bond motifs is 1. The Morgan fingerprint density at radius 1 is 1.33 bits per heavy atom. The summed E-state index contributed by atoms with van der Waals surface area (Å²) in [6.45, 7) is 3.52. The zero-order chi connectivity index (χ0) is 19.2. The summed E-state index contributed by atoms with van der Waals surface area (Å²) in [5, 5.41) is 3.47. The first-order chi connectivity index (χ1) is 13.1. The van der Waals surface area contributed by atoms with Gasteiger partial charge in [0, 0.05) is 39.0 Å². The van der Waals surface area contributed by atoms with Crippen molar-refractivity contribution in [2.24, 2.45) is 7.05 Å². The number of para-hydroxylation sites is 1. The third-order valence-electron chi connectivity index (χ3n) is 4.33. The number of aromatic amines is 1. The van der Waals surface area contributed by atoms with E-state index in [1.807, 2.05) is 42.9 Å². The highest BCUT2D eigenvalue weighted by atomic mass is 16.2. The molecule has 1 aromatic carbocycles. The first kappa shape index (κ1) is 18.6. The maximum atomic E-state index is 12.5. The molecule has 8 nitrogen and oxygen atoms in total. The van der Waals surface area contributed by atoms with Crippen LogP contribution in [0.4, 0.5) is 4.79 Å². The molecule has 0 fully saturated rings. The third-order valence-corrected chi connectivity index (χ3v) is 4.33. The zero-order valence-electron chi connectivity index (χ0n) is 15.6. The monoisotopic (exact) mass is 368 g/mol. The van der Waals surface area contributed by atoms with Crippen molar-refractivity contribution in [2.45, 2.75) is 26.3 Å². The number of carbonyl (C=O) groups is 1. The van der Waals surface area contributed by atoms with Crippen LogP contribution >= 0.6 is 0 Å². The average Bonchev–Trinajstić information content (AvgIpc) is 3.06. The van der Waals surface area contributed by atoms with Crippen LogP contribution in [0.5, 0.6) is 0 Å². The van der Waals surface area contributed by atoms with Crippen LogP contribution in [-0.2, 0) is 20.0 Å². The molecule has 3 rings (SSSR count). The lowest BCUT2D eigenvalue weighted by atomic mass is 10.2. The van der Waals surface area contributed by atoms with E-state index >= 15 is 0 Å². The van der Waals surface area contributed by atoms with Crippen molar-refractivity contribution in [1.82, 2.24) is 29.7 Å². The molecule has 2 aromatic heterocycles.